The highest BCUT2D eigenvalue weighted by Crippen LogP contribution is 2.18. The van der Waals surface area contributed by atoms with Gasteiger partial charge >= 0.3 is 0 Å². The molecule has 1 amide bonds. The van der Waals surface area contributed by atoms with E-state index >= 15 is 0 Å². The minimum atomic E-state index is -0.205. The minimum Gasteiger partial charge on any atom is -0.309 e. The van der Waals surface area contributed by atoms with E-state index in [1.807, 2.05) is 18.5 Å². The summed E-state index contributed by atoms with van der Waals surface area (Å²) in [7, 11) is 0. The molecule has 1 N–H and O–H groups in total. The number of carbonyl (C=O) groups excluding carboxylic acids is 1. The number of carbonyl (C=O) groups is 1. The minimum absolute atomic E-state index is 0.101. The van der Waals surface area contributed by atoms with E-state index in [1.165, 1.54) is 6.20 Å². The number of halogens is 1. The molecule has 0 aliphatic rings. The van der Waals surface area contributed by atoms with Gasteiger partial charge in [-0.15, -0.1) is 0 Å². The lowest BCUT2D eigenvalue weighted by atomic mass is 10.4. The smallest absolute Gasteiger partial charge is 0.247 e. The van der Waals surface area contributed by atoms with E-state index in [2.05, 4.69) is 20.5 Å². The Bertz CT molecular complexity index is 820. The number of anilines is 1. The Morgan fingerprint density at radius 1 is 1.32 bits per heavy atom. The van der Waals surface area contributed by atoms with Crippen molar-refractivity contribution in [1.82, 2.24) is 24.5 Å². The summed E-state index contributed by atoms with van der Waals surface area (Å²) in [4.78, 5) is 16.2. The van der Waals surface area contributed by atoms with Crippen LogP contribution in [0.5, 0.6) is 0 Å². The second-order valence-electron chi connectivity index (χ2n) is 4.85. The predicted molar refractivity (Wildman–Crippen MR) is 83.8 cm³/mol. The molecule has 0 spiro atoms. The van der Waals surface area contributed by atoms with Crippen molar-refractivity contribution >= 4 is 34.4 Å². The van der Waals surface area contributed by atoms with Gasteiger partial charge in [-0.2, -0.15) is 10.2 Å². The number of hydrogen-bond acceptors (Lipinski definition) is 4. The maximum atomic E-state index is 12.1. The van der Waals surface area contributed by atoms with Crippen LogP contribution >= 0.6 is 11.6 Å². The van der Waals surface area contributed by atoms with E-state index in [-0.39, 0.29) is 12.5 Å². The van der Waals surface area contributed by atoms with Crippen molar-refractivity contribution in [3.63, 3.8) is 0 Å². The second-order valence-corrected chi connectivity index (χ2v) is 5.28. The topological polar surface area (TPSA) is 77.6 Å². The summed E-state index contributed by atoms with van der Waals surface area (Å²) < 4.78 is 3.52. The number of fused-ring (bicyclic) bond motifs is 1. The van der Waals surface area contributed by atoms with Crippen LogP contribution in [-0.2, 0) is 17.9 Å². The standard InChI is InChI=1S/C14H15ClN6O/c1-3-20-11-7-17-21(14(11)9(2)19-20)8-13(22)18-12-5-4-10(15)6-16-12/h4-7H,3,8H2,1-2H3,(H,16,18,22). The molecular formula is C14H15ClN6O. The Hall–Kier alpha value is -2.41. The highest BCUT2D eigenvalue weighted by Gasteiger charge is 2.15. The fourth-order valence-electron chi connectivity index (χ4n) is 2.35. The van der Waals surface area contributed by atoms with Crippen molar-refractivity contribution in [2.75, 3.05) is 5.32 Å². The third-order valence-electron chi connectivity index (χ3n) is 3.30. The molecule has 0 atom stereocenters. The predicted octanol–water partition coefficient (Wildman–Crippen LogP) is 2.25. The quantitative estimate of drug-likeness (QED) is 0.800. The van der Waals surface area contributed by atoms with Gasteiger partial charge < -0.3 is 5.32 Å². The zero-order valence-corrected chi connectivity index (χ0v) is 13.0. The first-order valence-electron chi connectivity index (χ1n) is 6.89. The summed E-state index contributed by atoms with van der Waals surface area (Å²) in [6, 6.07) is 3.32. The van der Waals surface area contributed by atoms with Crippen molar-refractivity contribution in [2.24, 2.45) is 0 Å². The zero-order valence-electron chi connectivity index (χ0n) is 12.2. The van der Waals surface area contributed by atoms with Crippen LogP contribution in [0.2, 0.25) is 5.02 Å². The van der Waals surface area contributed by atoms with E-state index in [9.17, 15) is 4.79 Å². The fourth-order valence-corrected chi connectivity index (χ4v) is 2.46. The van der Waals surface area contributed by atoms with Gasteiger partial charge in [0.15, 0.2) is 0 Å². The molecule has 0 aromatic carbocycles. The maximum Gasteiger partial charge on any atom is 0.247 e. The first-order valence-corrected chi connectivity index (χ1v) is 7.26. The van der Waals surface area contributed by atoms with E-state index in [0.717, 1.165) is 23.3 Å². The highest BCUT2D eigenvalue weighted by atomic mass is 35.5. The highest BCUT2D eigenvalue weighted by molar-refractivity contribution is 6.30. The Morgan fingerprint density at radius 3 is 2.82 bits per heavy atom. The Balaban J connectivity index is 1.79. The summed E-state index contributed by atoms with van der Waals surface area (Å²) in [5, 5.41) is 11.9. The van der Waals surface area contributed by atoms with Gasteiger partial charge in [-0.25, -0.2) is 4.98 Å². The molecule has 3 heterocycles. The zero-order chi connectivity index (χ0) is 15.7. The van der Waals surface area contributed by atoms with Gasteiger partial charge in [0, 0.05) is 12.7 Å². The molecule has 3 aromatic rings. The average molecular weight is 319 g/mol. The number of amides is 1. The Morgan fingerprint density at radius 2 is 2.14 bits per heavy atom. The largest absolute Gasteiger partial charge is 0.309 e. The molecule has 7 nitrogen and oxygen atoms in total. The third-order valence-corrected chi connectivity index (χ3v) is 3.52. The van der Waals surface area contributed by atoms with Gasteiger partial charge in [0.05, 0.1) is 16.9 Å². The summed E-state index contributed by atoms with van der Waals surface area (Å²) in [5.74, 6) is 0.252. The molecule has 8 heteroatoms. The number of rotatable bonds is 4. The van der Waals surface area contributed by atoms with Crippen LogP contribution in [0.1, 0.15) is 12.6 Å². The fraction of sp³-hybridized carbons (Fsp3) is 0.286. The molecule has 0 fully saturated rings. The van der Waals surface area contributed by atoms with Crippen LogP contribution in [0, 0.1) is 6.92 Å². The van der Waals surface area contributed by atoms with Crippen LogP contribution < -0.4 is 5.32 Å². The van der Waals surface area contributed by atoms with Crippen LogP contribution in [0.4, 0.5) is 5.82 Å². The molecule has 114 valence electrons. The monoisotopic (exact) mass is 318 g/mol. The molecule has 0 aliphatic heterocycles. The SMILES string of the molecule is CCn1nc(C)c2c1cnn2CC(=O)Nc1ccc(Cl)cn1. The first kappa shape index (κ1) is 14.5. The molecule has 0 unspecified atom stereocenters. The lowest BCUT2D eigenvalue weighted by Crippen LogP contribution is -2.20. The van der Waals surface area contributed by atoms with Gasteiger partial charge in [0.2, 0.25) is 5.91 Å². The maximum absolute atomic E-state index is 12.1. The van der Waals surface area contributed by atoms with Gasteiger partial charge in [-0.3, -0.25) is 14.2 Å². The molecule has 3 aromatic heterocycles. The molecular weight excluding hydrogens is 304 g/mol. The number of nitrogens with one attached hydrogen (secondary N) is 1. The second kappa shape index (κ2) is 5.76. The van der Waals surface area contributed by atoms with Crippen molar-refractivity contribution < 1.29 is 4.79 Å². The first-order chi connectivity index (χ1) is 10.6. The molecule has 0 radical (unpaired) electrons. The summed E-state index contributed by atoms with van der Waals surface area (Å²) in [6.07, 6.45) is 3.21. The number of aromatic nitrogens is 5. The van der Waals surface area contributed by atoms with Gasteiger partial charge in [0.1, 0.15) is 23.4 Å². The van der Waals surface area contributed by atoms with Crippen molar-refractivity contribution in [3.8, 4) is 0 Å². The van der Waals surface area contributed by atoms with E-state index in [0.29, 0.717) is 10.8 Å². The summed E-state index contributed by atoms with van der Waals surface area (Å²) >= 11 is 5.76. The lowest BCUT2D eigenvalue weighted by molar-refractivity contribution is -0.116. The van der Waals surface area contributed by atoms with Crippen molar-refractivity contribution in [1.29, 1.82) is 0 Å². The van der Waals surface area contributed by atoms with Crippen LogP contribution in [-0.4, -0.2) is 30.5 Å². The Labute approximate surface area is 131 Å². The molecule has 0 aliphatic carbocycles. The number of aryl methyl sites for hydroxylation is 2. The van der Waals surface area contributed by atoms with Crippen LogP contribution in [0.3, 0.4) is 0 Å². The molecule has 22 heavy (non-hydrogen) atoms. The molecule has 0 saturated carbocycles. The summed E-state index contributed by atoms with van der Waals surface area (Å²) in [5.41, 5.74) is 2.66. The third kappa shape index (κ3) is 2.67. The normalized spacial score (nSPS) is 11.0. The number of hydrogen-bond donors (Lipinski definition) is 1. The van der Waals surface area contributed by atoms with E-state index in [4.69, 9.17) is 11.6 Å². The number of pyridine rings is 1. The van der Waals surface area contributed by atoms with Crippen LogP contribution in [0.15, 0.2) is 24.5 Å². The Kier molecular flexibility index (Phi) is 3.81. The van der Waals surface area contributed by atoms with Gasteiger partial charge in [-0.1, -0.05) is 11.6 Å². The lowest BCUT2D eigenvalue weighted by Gasteiger charge is -2.05. The average Bonchev–Trinajstić information content (AvgIpc) is 3.03. The van der Waals surface area contributed by atoms with Gasteiger partial charge in [-0.05, 0) is 26.0 Å². The van der Waals surface area contributed by atoms with Gasteiger partial charge in [0.25, 0.3) is 0 Å². The molecule has 0 bridgehead atoms. The molecule has 3 rings (SSSR count). The van der Waals surface area contributed by atoms with Crippen molar-refractivity contribution in [3.05, 3.63) is 35.2 Å². The molecule has 0 saturated heterocycles. The van der Waals surface area contributed by atoms with Crippen LogP contribution in [0.25, 0.3) is 11.0 Å². The van der Waals surface area contributed by atoms with E-state index < -0.39 is 0 Å². The summed E-state index contributed by atoms with van der Waals surface area (Å²) in [6.45, 7) is 4.79. The number of nitrogens with zero attached hydrogens (tertiary/aromatic N) is 5. The van der Waals surface area contributed by atoms with E-state index in [1.54, 1.807) is 23.0 Å². The van der Waals surface area contributed by atoms with Crippen molar-refractivity contribution in [2.45, 2.75) is 26.9 Å².